The molecule has 0 aliphatic carbocycles. The van der Waals surface area contributed by atoms with Crippen molar-refractivity contribution in [2.24, 2.45) is 5.92 Å². The molecule has 2 aliphatic heterocycles. The zero-order valence-electron chi connectivity index (χ0n) is 12.8. The van der Waals surface area contributed by atoms with Gasteiger partial charge in [-0.1, -0.05) is 0 Å². The number of carbonyl (C=O) groups is 1. The summed E-state index contributed by atoms with van der Waals surface area (Å²) >= 11 is 0. The lowest BCUT2D eigenvalue weighted by molar-refractivity contribution is -0.126. The first kappa shape index (κ1) is 16.7. The molecular weight excluding hydrogens is 292 g/mol. The smallest absolute Gasteiger partial charge is 0.238 e. The van der Waals surface area contributed by atoms with Crippen LogP contribution in [0, 0.1) is 5.92 Å². The molecule has 8 heteroatoms. The van der Waals surface area contributed by atoms with Crippen LogP contribution < -0.4 is 10.6 Å². The minimum absolute atomic E-state index is 0.0259. The number of amides is 1. The predicted octanol–water partition coefficient (Wildman–Crippen LogP) is -1.32. The van der Waals surface area contributed by atoms with E-state index in [1.165, 1.54) is 6.26 Å². The molecule has 2 aliphatic rings. The van der Waals surface area contributed by atoms with Crippen LogP contribution in [-0.4, -0.2) is 82.1 Å². The zero-order valence-corrected chi connectivity index (χ0v) is 13.7. The monoisotopic (exact) mass is 318 g/mol. The second-order valence-corrected chi connectivity index (χ2v) is 7.94. The minimum atomic E-state index is -3.11. The van der Waals surface area contributed by atoms with E-state index < -0.39 is 10.0 Å². The third-order valence-electron chi connectivity index (χ3n) is 4.35. The van der Waals surface area contributed by atoms with E-state index in [0.717, 1.165) is 32.5 Å². The molecule has 2 heterocycles. The van der Waals surface area contributed by atoms with Gasteiger partial charge in [0.2, 0.25) is 15.9 Å². The Morgan fingerprint density at radius 3 is 2.81 bits per heavy atom. The fourth-order valence-corrected chi connectivity index (χ4v) is 4.14. The van der Waals surface area contributed by atoms with Gasteiger partial charge in [-0.2, -0.15) is 0 Å². The number of hydrogen-bond donors (Lipinski definition) is 2. The first-order valence-electron chi connectivity index (χ1n) is 7.53. The quantitative estimate of drug-likeness (QED) is 0.672. The van der Waals surface area contributed by atoms with Crippen LogP contribution in [0.1, 0.15) is 12.8 Å². The lowest BCUT2D eigenvalue weighted by atomic mass is 9.97. The molecule has 0 aromatic carbocycles. The van der Waals surface area contributed by atoms with Crippen molar-refractivity contribution >= 4 is 15.9 Å². The number of nitrogens with zero attached hydrogens (tertiary/aromatic N) is 2. The normalized spacial score (nSPS) is 29.2. The highest BCUT2D eigenvalue weighted by Gasteiger charge is 2.32. The Bertz CT molecular complexity index is 468. The number of likely N-dealkylation sites (N-methyl/N-ethyl adjacent to an activating group) is 1. The number of nitrogens with one attached hydrogen (secondary N) is 2. The molecule has 7 nitrogen and oxygen atoms in total. The average molecular weight is 318 g/mol. The molecule has 21 heavy (non-hydrogen) atoms. The van der Waals surface area contributed by atoms with Crippen LogP contribution in [0.25, 0.3) is 0 Å². The summed E-state index contributed by atoms with van der Waals surface area (Å²) in [6.45, 7) is 4.33. The van der Waals surface area contributed by atoms with Gasteiger partial charge >= 0.3 is 0 Å². The van der Waals surface area contributed by atoms with Crippen LogP contribution >= 0.6 is 0 Å². The highest BCUT2D eigenvalue weighted by molar-refractivity contribution is 7.88. The highest BCUT2D eigenvalue weighted by atomic mass is 32.2. The molecule has 2 saturated heterocycles. The molecule has 1 amide bonds. The number of piperidine rings is 1. The van der Waals surface area contributed by atoms with E-state index >= 15 is 0 Å². The van der Waals surface area contributed by atoms with E-state index in [9.17, 15) is 13.2 Å². The molecule has 2 N–H and O–H groups in total. The van der Waals surface area contributed by atoms with Gasteiger partial charge in [-0.15, -0.1) is 0 Å². The summed E-state index contributed by atoms with van der Waals surface area (Å²) in [5.41, 5.74) is 0. The first-order valence-corrected chi connectivity index (χ1v) is 9.38. The van der Waals surface area contributed by atoms with E-state index in [0.29, 0.717) is 25.6 Å². The standard InChI is InChI=1S/C13H26N4O3S/c1-14-13(18)12-8-15-5-7-16(12)9-11-4-3-6-17(10-11)21(2,19)20/h11-12,15H,3-10H2,1-2H3,(H,14,18). The van der Waals surface area contributed by atoms with Crippen molar-refractivity contribution in [2.75, 3.05) is 52.6 Å². The molecule has 0 spiro atoms. The van der Waals surface area contributed by atoms with Crippen LogP contribution in [0.5, 0.6) is 0 Å². The molecular formula is C13H26N4O3S. The first-order chi connectivity index (χ1) is 9.91. The van der Waals surface area contributed by atoms with Crippen molar-refractivity contribution in [1.82, 2.24) is 19.8 Å². The summed E-state index contributed by atoms with van der Waals surface area (Å²) in [5.74, 6) is 0.330. The van der Waals surface area contributed by atoms with Crippen LogP contribution in [0.15, 0.2) is 0 Å². The third kappa shape index (κ3) is 4.38. The summed E-state index contributed by atoms with van der Waals surface area (Å²) in [7, 11) is -1.46. The maximum atomic E-state index is 11.9. The van der Waals surface area contributed by atoms with Crippen molar-refractivity contribution < 1.29 is 13.2 Å². The molecule has 0 radical (unpaired) electrons. The zero-order chi connectivity index (χ0) is 15.5. The Morgan fingerprint density at radius 1 is 1.38 bits per heavy atom. The summed E-state index contributed by atoms with van der Waals surface area (Å²) < 4.78 is 24.9. The molecule has 0 aromatic rings. The van der Waals surface area contributed by atoms with Crippen molar-refractivity contribution in [3.05, 3.63) is 0 Å². The van der Waals surface area contributed by atoms with Gasteiger partial charge in [-0.3, -0.25) is 9.69 Å². The van der Waals surface area contributed by atoms with E-state index in [-0.39, 0.29) is 11.9 Å². The molecule has 2 rings (SSSR count). The molecule has 0 bridgehead atoms. The second kappa shape index (κ2) is 7.04. The van der Waals surface area contributed by atoms with Gasteiger partial charge in [0, 0.05) is 46.3 Å². The number of rotatable bonds is 4. The van der Waals surface area contributed by atoms with E-state index in [1.807, 2.05) is 0 Å². The van der Waals surface area contributed by atoms with Crippen LogP contribution in [0.3, 0.4) is 0 Å². The van der Waals surface area contributed by atoms with Gasteiger partial charge in [0.1, 0.15) is 6.04 Å². The van der Waals surface area contributed by atoms with Crippen molar-refractivity contribution in [3.8, 4) is 0 Å². The van der Waals surface area contributed by atoms with E-state index in [1.54, 1.807) is 11.4 Å². The lowest BCUT2D eigenvalue weighted by Gasteiger charge is -2.39. The number of hydrogen-bond acceptors (Lipinski definition) is 5. The van der Waals surface area contributed by atoms with Crippen molar-refractivity contribution in [2.45, 2.75) is 18.9 Å². The predicted molar refractivity (Wildman–Crippen MR) is 81.4 cm³/mol. The Morgan fingerprint density at radius 2 is 2.14 bits per heavy atom. The molecule has 122 valence electrons. The van der Waals surface area contributed by atoms with Gasteiger partial charge in [0.15, 0.2) is 0 Å². The van der Waals surface area contributed by atoms with Crippen LogP contribution in [0.2, 0.25) is 0 Å². The number of sulfonamides is 1. The van der Waals surface area contributed by atoms with Gasteiger partial charge in [-0.25, -0.2) is 12.7 Å². The fraction of sp³-hybridized carbons (Fsp3) is 0.923. The van der Waals surface area contributed by atoms with Crippen molar-refractivity contribution in [1.29, 1.82) is 0 Å². The van der Waals surface area contributed by atoms with Gasteiger partial charge in [-0.05, 0) is 18.8 Å². The maximum Gasteiger partial charge on any atom is 0.238 e. The molecule has 2 unspecified atom stereocenters. The molecule has 0 aromatic heterocycles. The molecule has 2 fully saturated rings. The topological polar surface area (TPSA) is 81.8 Å². The third-order valence-corrected chi connectivity index (χ3v) is 5.62. The van der Waals surface area contributed by atoms with Crippen LogP contribution in [0.4, 0.5) is 0 Å². The number of piperazine rings is 1. The molecule has 0 saturated carbocycles. The maximum absolute atomic E-state index is 11.9. The molecule has 2 atom stereocenters. The second-order valence-electron chi connectivity index (χ2n) is 5.96. The summed E-state index contributed by atoms with van der Waals surface area (Å²) in [4.78, 5) is 14.1. The summed E-state index contributed by atoms with van der Waals surface area (Å²) in [6.07, 6.45) is 3.19. The number of carbonyl (C=O) groups excluding carboxylic acids is 1. The average Bonchev–Trinajstić information content (AvgIpc) is 2.46. The van der Waals surface area contributed by atoms with E-state index in [4.69, 9.17) is 0 Å². The SMILES string of the molecule is CNC(=O)C1CNCCN1CC1CCCN(S(C)(=O)=O)C1. The lowest BCUT2D eigenvalue weighted by Crippen LogP contribution is -2.59. The summed E-state index contributed by atoms with van der Waals surface area (Å²) in [6, 6.07) is -0.155. The summed E-state index contributed by atoms with van der Waals surface area (Å²) in [5, 5.41) is 5.95. The van der Waals surface area contributed by atoms with E-state index in [2.05, 4.69) is 15.5 Å². The van der Waals surface area contributed by atoms with Crippen LogP contribution in [-0.2, 0) is 14.8 Å². The highest BCUT2D eigenvalue weighted by Crippen LogP contribution is 2.21. The Labute approximate surface area is 127 Å². The Kier molecular flexibility index (Phi) is 5.59. The fourth-order valence-electron chi connectivity index (χ4n) is 3.20. The van der Waals surface area contributed by atoms with Gasteiger partial charge in [0.05, 0.1) is 6.26 Å². The van der Waals surface area contributed by atoms with Crippen molar-refractivity contribution in [3.63, 3.8) is 0 Å². The largest absolute Gasteiger partial charge is 0.358 e. The van der Waals surface area contributed by atoms with Gasteiger partial charge < -0.3 is 10.6 Å². The Hall–Kier alpha value is -0.700. The van der Waals surface area contributed by atoms with Gasteiger partial charge in [0.25, 0.3) is 0 Å². The Balaban J connectivity index is 1.97. The minimum Gasteiger partial charge on any atom is -0.358 e.